The first kappa shape index (κ1) is 9.89. The summed E-state index contributed by atoms with van der Waals surface area (Å²) in [6, 6.07) is 1.92. The van der Waals surface area contributed by atoms with Crippen molar-refractivity contribution < 1.29 is 4.74 Å². The molecule has 2 heterocycles. The second-order valence-corrected chi connectivity index (χ2v) is 4.70. The maximum Gasteiger partial charge on any atom is 0.161 e. The van der Waals surface area contributed by atoms with Gasteiger partial charge in [-0.2, -0.15) is 0 Å². The van der Waals surface area contributed by atoms with E-state index in [2.05, 4.69) is 10.2 Å². The van der Waals surface area contributed by atoms with Gasteiger partial charge in [-0.1, -0.05) is 11.3 Å². The van der Waals surface area contributed by atoms with Gasteiger partial charge in [-0.25, -0.2) is 0 Å². The number of hydrogen-bond acceptors (Lipinski definition) is 5. The summed E-state index contributed by atoms with van der Waals surface area (Å²) in [5, 5.41) is 11.7. The molecule has 3 nitrogen and oxygen atoms in total. The highest BCUT2D eigenvalue weighted by Gasteiger charge is 2.12. The van der Waals surface area contributed by atoms with Crippen LogP contribution in [0.2, 0.25) is 0 Å². The smallest absolute Gasteiger partial charge is 0.161 e. The quantitative estimate of drug-likeness (QED) is 0.781. The average molecular weight is 247 g/mol. The van der Waals surface area contributed by atoms with E-state index in [1.165, 1.54) is 11.3 Å². The Morgan fingerprint density at radius 2 is 2.36 bits per heavy atom. The van der Waals surface area contributed by atoms with Crippen LogP contribution >= 0.6 is 34.3 Å². The Morgan fingerprint density at radius 3 is 3.00 bits per heavy atom. The van der Waals surface area contributed by atoms with Gasteiger partial charge in [0.2, 0.25) is 0 Å². The molecule has 0 saturated carbocycles. The van der Waals surface area contributed by atoms with Gasteiger partial charge in [-0.15, -0.1) is 33.1 Å². The van der Waals surface area contributed by atoms with E-state index in [1.54, 1.807) is 18.4 Å². The number of aromatic nitrogens is 2. The molecule has 6 heteroatoms. The molecule has 14 heavy (non-hydrogen) atoms. The third kappa shape index (κ3) is 1.75. The van der Waals surface area contributed by atoms with Crippen molar-refractivity contribution in [2.75, 3.05) is 7.11 Å². The zero-order chi connectivity index (χ0) is 9.97. The van der Waals surface area contributed by atoms with Crippen LogP contribution in [0, 0.1) is 0 Å². The van der Waals surface area contributed by atoms with Gasteiger partial charge in [-0.05, 0) is 11.4 Å². The zero-order valence-electron chi connectivity index (χ0n) is 7.36. The largest absolute Gasteiger partial charge is 0.495 e. The van der Waals surface area contributed by atoms with Gasteiger partial charge in [0.05, 0.1) is 13.0 Å². The summed E-state index contributed by atoms with van der Waals surface area (Å²) < 4.78 is 5.20. The van der Waals surface area contributed by atoms with E-state index in [0.29, 0.717) is 5.88 Å². The number of ether oxygens (including phenoxy) is 1. The van der Waals surface area contributed by atoms with Gasteiger partial charge in [0.1, 0.15) is 15.6 Å². The second kappa shape index (κ2) is 4.25. The highest BCUT2D eigenvalue weighted by atomic mass is 35.5. The van der Waals surface area contributed by atoms with Crippen molar-refractivity contribution in [2.45, 2.75) is 5.88 Å². The molecule has 0 bridgehead atoms. The molecule has 0 aliphatic rings. The van der Waals surface area contributed by atoms with Crippen molar-refractivity contribution in [3.63, 3.8) is 0 Å². The minimum atomic E-state index is 0.408. The molecule has 0 atom stereocenters. The van der Waals surface area contributed by atoms with Gasteiger partial charge in [0.25, 0.3) is 0 Å². The molecule has 0 aliphatic heterocycles. The van der Waals surface area contributed by atoms with Crippen LogP contribution in [0.5, 0.6) is 5.75 Å². The fraction of sp³-hybridized carbons (Fsp3) is 0.250. The molecule has 2 aromatic rings. The number of methoxy groups -OCH3 is 1. The van der Waals surface area contributed by atoms with Crippen LogP contribution < -0.4 is 4.74 Å². The first-order chi connectivity index (χ1) is 6.85. The van der Waals surface area contributed by atoms with Crippen molar-refractivity contribution in [2.24, 2.45) is 0 Å². The van der Waals surface area contributed by atoms with E-state index < -0.39 is 0 Å². The van der Waals surface area contributed by atoms with Crippen molar-refractivity contribution >= 4 is 34.3 Å². The number of rotatable bonds is 3. The van der Waals surface area contributed by atoms with Crippen molar-refractivity contribution in [3.05, 3.63) is 16.5 Å². The Kier molecular flexibility index (Phi) is 3.00. The lowest BCUT2D eigenvalue weighted by molar-refractivity contribution is 0.418. The van der Waals surface area contributed by atoms with Crippen LogP contribution in [-0.2, 0) is 5.88 Å². The second-order valence-electron chi connectivity index (χ2n) is 2.45. The molecule has 0 aliphatic carbocycles. The first-order valence-corrected chi connectivity index (χ1v) is 6.08. The Bertz CT molecular complexity index is 426. The van der Waals surface area contributed by atoms with E-state index in [9.17, 15) is 0 Å². The topological polar surface area (TPSA) is 35.0 Å². The van der Waals surface area contributed by atoms with Crippen LogP contribution in [0.25, 0.3) is 9.88 Å². The number of hydrogen-bond donors (Lipinski definition) is 0. The SMILES string of the molecule is COc1ccsc1-c1nnc(CCl)s1. The fourth-order valence-corrected chi connectivity index (χ4v) is 2.87. The predicted octanol–water partition coefficient (Wildman–Crippen LogP) is 3.01. The Hall–Kier alpha value is -0.650. The minimum absolute atomic E-state index is 0.408. The highest BCUT2D eigenvalue weighted by Crippen LogP contribution is 2.36. The van der Waals surface area contributed by atoms with Crippen LogP contribution in [0.3, 0.4) is 0 Å². The molecule has 0 N–H and O–H groups in total. The van der Waals surface area contributed by atoms with Crippen LogP contribution in [0.15, 0.2) is 11.4 Å². The standard InChI is InChI=1S/C8H7ClN2OS2/c1-12-5-2-3-13-7(5)8-11-10-6(4-9)14-8/h2-3H,4H2,1H3. The molecule has 0 saturated heterocycles. The number of thiophene rings is 1. The Balaban J connectivity index is 2.38. The van der Waals surface area contributed by atoms with E-state index in [0.717, 1.165) is 20.6 Å². The molecular weight excluding hydrogens is 240 g/mol. The number of alkyl halides is 1. The molecule has 74 valence electrons. The summed E-state index contributed by atoms with van der Waals surface area (Å²) in [6.07, 6.45) is 0. The molecule has 0 amide bonds. The summed E-state index contributed by atoms with van der Waals surface area (Å²) in [4.78, 5) is 1.02. The monoisotopic (exact) mass is 246 g/mol. The molecule has 0 aromatic carbocycles. The van der Waals surface area contributed by atoms with Crippen molar-refractivity contribution in [1.82, 2.24) is 10.2 Å². The summed E-state index contributed by atoms with van der Waals surface area (Å²) >= 11 is 8.74. The van der Waals surface area contributed by atoms with Gasteiger partial charge in [0.15, 0.2) is 5.01 Å². The maximum absolute atomic E-state index is 5.66. The van der Waals surface area contributed by atoms with Gasteiger partial charge in [0, 0.05) is 0 Å². The van der Waals surface area contributed by atoms with E-state index in [4.69, 9.17) is 16.3 Å². The van der Waals surface area contributed by atoms with E-state index in [-0.39, 0.29) is 0 Å². The lowest BCUT2D eigenvalue weighted by Crippen LogP contribution is -1.81. The summed E-state index contributed by atoms with van der Waals surface area (Å²) in [5.41, 5.74) is 0. The van der Waals surface area contributed by atoms with Crippen LogP contribution in [-0.4, -0.2) is 17.3 Å². The Labute approximate surface area is 94.3 Å². The lowest BCUT2D eigenvalue weighted by atomic mass is 10.4. The molecule has 2 rings (SSSR count). The van der Waals surface area contributed by atoms with Crippen LogP contribution in [0.1, 0.15) is 5.01 Å². The van der Waals surface area contributed by atoms with Gasteiger partial charge < -0.3 is 4.74 Å². The maximum atomic E-state index is 5.66. The molecule has 0 radical (unpaired) electrons. The summed E-state index contributed by atoms with van der Waals surface area (Å²) in [7, 11) is 1.65. The van der Waals surface area contributed by atoms with Crippen molar-refractivity contribution in [1.29, 1.82) is 0 Å². The normalized spacial score (nSPS) is 10.4. The number of nitrogens with zero attached hydrogens (tertiary/aromatic N) is 2. The summed E-state index contributed by atoms with van der Waals surface area (Å²) in [5.74, 6) is 1.25. The molecule has 0 fully saturated rings. The molecule has 0 spiro atoms. The van der Waals surface area contributed by atoms with Gasteiger partial charge >= 0.3 is 0 Å². The molecule has 2 aromatic heterocycles. The predicted molar refractivity (Wildman–Crippen MR) is 59.3 cm³/mol. The highest BCUT2D eigenvalue weighted by molar-refractivity contribution is 7.21. The average Bonchev–Trinajstić information content (AvgIpc) is 2.85. The van der Waals surface area contributed by atoms with Gasteiger partial charge in [-0.3, -0.25) is 0 Å². The first-order valence-electron chi connectivity index (χ1n) is 3.85. The fourth-order valence-electron chi connectivity index (χ4n) is 1.01. The molecule has 0 unspecified atom stereocenters. The van der Waals surface area contributed by atoms with E-state index in [1.807, 2.05) is 11.4 Å². The van der Waals surface area contributed by atoms with Crippen LogP contribution in [0.4, 0.5) is 0 Å². The summed E-state index contributed by atoms with van der Waals surface area (Å²) in [6.45, 7) is 0. The van der Waals surface area contributed by atoms with E-state index >= 15 is 0 Å². The third-order valence-corrected chi connectivity index (χ3v) is 4.01. The number of halogens is 1. The molecular formula is C8H7ClN2OS2. The Morgan fingerprint density at radius 1 is 1.50 bits per heavy atom. The van der Waals surface area contributed by atoms with Crippen molar-refractivity contribution in [3.8, 4) is 15.6 Å². The zero-order valence-corrected chi connectivity index (χ0v) is 9.75. The minimum Gasteiger partial charge on any atom is -0.495 e. The lowest BCUT2D eigenvalue weighted by Gasteiger charge is -1.96. The third-order valence-electron chi connectivity index (χ3n) is 1.62.